The van der Waals surface area contributed by atoms with Gasteiger partial charge in [-0.1, -0.05) is 18.2 Å². The fraction of sp³-hybridized carbons (Fsp3) is 0.182. The maximum absolute atomic E-state index is 10.9. The molecule has 1 rings (SSSR count). The summed E-state index contributed by atoms with van der Waals surface area (Å²) in [5.74, 6) is 0.530. The van der Waals surface area contributed by atoms with Crippen LogP contribution in [0, 0.1) is 0 Å². The van der Waals surface area contributed by atoms with Crippen molar-refractivity contribution in [2.24, 2.45) is 0 Å². The third-order valence-corrected chi connectivity index (χ3v) is 1.53. The van der Waals surface area contributed by atoms with Crippen molar-refractivity contribution in [2.45, 2.75) is 13.8 Å². The van der Waals surface area contributed by atoms with Crippen LogP contribution in [0.2, 0.25) is 0 Å². The molecule has 1 N–H and O–H groups in total. The third-order valence-electron chi connectivity index (χ3n) is 1.53. The van der Waals surface area contributed by atoms with Crippen molar-refractivity contribution in [3.05, 3.63) is 36.6 Å². The number of benzene rings is 1. The Balaban J connectivity index is 2.85. The quantitative estimate of drug-likeness (QED) is 0.745. The number of para-hydroxylation sites is 2. The second kappa shape index (κ2) is 5.07. The lowest BCUT2D eigenvalue weighted by molar-refractivity contribution is -0.114. The zero-order valence-corrected chi connectivity index (χ0v) is 8.28. The summed E-state index contributed by atoms with van der Waals surface area (Å²) in [6.45, 7) is 3.33. The third kappa shape index (κ3) is 2.94. The minimum Gasteiger partial charge on any atom is -0.463 e. The van der Waals surface area contributed by atoms with E-state index in [9.17, 15) is 4.79 Å². The number of amides is 1. The van der Waals surface area contributed by atoms with Gasteiger partial charge in [-0.25, -0.2) is 0 Å². The summed E-state index contributed by atoms with van der Waals surface area (Å²) in [4.78, 5) is 10.9. The standard InChI is InChI=1S/C11H13NO2/c1-3-8-14-11-7-5-4-6-10(11)12-9(2)13/h3-8H,1-2H3,(H,12,13). The van der Waals surface area contributed by atoms with Crippen LogP contribution in [0.3, 0.4) is 0 Å². The molecule has 1 aromatic rings. The Morgan fingerprint density at radius 2 is 2.14 bits per heavy atom. The second-order valence-electron chi connectivity index (χ2n) is 2.76. The molecule has 0 saturated carbocycles. The first-order valence-electron chi connectivity index (χ1n) is 4.38. The number of carbonyl (C=O) groups is 1. The Kier molecular flexibility index (Phi) is 3.73. The van der Waals surface area contributed by atoms with E-state index in [-0.39, 0.29) is 5.91 Å². The molecule has 1 amide bonds. The van der Waals surface area contributed by atoms with Gasteiger partial charge in [0.25, 0.3) is 0 Å². The molecule has 0 aliphatic carbocycles. The predicted molar refractivity (Wildman–Crippen MR) is 56.2 cm³/mol. The van der Waals surface area contributed by atoms with Gasteiger partial charge in [0, 0.05) is 6.92 Å². The number of rotatable bonds is 3. The molecule has 3 heteroatoms. The molecule has 0 spiro atoms. The highest BCUT2D eigenvalue weighted by molar-refractivity contribution is 5.90. The molecule has 0 atom stereocenters. The van der Waals surface area contributed by atoms with Gasteiger partial charge in [0.15, 0.2) is 0 Å². The molecule has 1 aromatic carbocycles. The summed E-state index contributed by atoms with van der Waals surface area (Å²) in [5.41, 5.74) is 0.679. The zero-order valence-electron chi connectivity index (χ0n) is 8.28. The zero-order chi connectivity index (χ0) is 10.4. The van der Waals surface area contributed by atoms with Gasteiger partial charge in [0.2, 0.25) is 5.91 Å². The average molecular weight is 191 g/mol. The largest absolute Gasteiger partial charge is 0.463 e. The van der Waals surface area contributed by atoms with Gasteiger partial charge in [-0.3, -0.25) is 4.79 Å². The molecule has 0 saturated heterocycles. The minimum atomic E-state index is -0.110. The van der Waals surface area contributed by atoms with Gasteiger partial charge < -0.3 is 10.1 Å². The van der Waals surface area contributed by atoms with Crippen molar-refractivity contribution in [3.63, 3.8) is 0 Å². The van der Waals surface area contributed by atoms with E-state index in [4.69, 9.17) is 4.74 Å². The lowest BCUT2D eigenvalue weighted by Gasteiger charge is -2.07. The molecular weight excluding hydrogens is 178 g/mol. The van der Waals surface area contributed by atoms with Crippen molar-refractivity contribution >= 4 is 11.6 Å². The lowest BCUT2D eigenvalue weighted by atomic mass is 10.3. The first-order chi connectivity index (χ1) is 6.74. The molecule has 0 bridgehead atoms. The highest BCUT2D eigenvalue weighted by Gasteiger charge is 2.02. The van der Waals surface area contributed by atoms with Gasteiger partial charge in [-0.2, -0.15) is 0 Å². The lowest BCUT2D eigenvalue weighted by Crippen LogP contribution is -2.06. The Bertz CT molecular complexity index is 345. The van der Waals surface area contributed by atoms with Crippen molar-refractivity contribution < 1.29 is 9.53 Å². The summed E-state index contributed by atoms with van der Waals surface area (Å²) in [7, 11) is 0. The highest BCUT2D eigenvalue weighted by atomic mass is 16.5. The summed E-state index contributed by atoms with van der Waals surface area (Å²) in [6, 6.07) is 7.28. The van der Waals surface area contributed by atoms with Crippen molar-refractivity contribution in [2.75, 3.05) is 5.32 Å². The Morgan fingerprint density at radius 3 is 2.79 bits per heavy atom. The topological polar surface area (TPSA) is 38.3 Å². The molecule has 3 nitrogen and oxygen atoms in total. The van der Waals surface area contributed by atoms with Gasteiger partial charge in [0.05, 0.1) is 11.9 Å². The van der Waals surface area contributed by atoms with Crippen LogP contribution in [0.4, 0.5) is 5.69 Å². The number of hydrogen-bond donors (Lipinski definition) is 1. The van der Waals surface area contributed by atoms with Crippen LogP contribution in [-0.4, -0.2) is 5.91 Å². The van der Waals surface area contributed by atoms with E-state index in [1.807, 2.05) is 19.1 Å². The van der Waals surface area contributed by atoms with E-state index in [1.54, 1.807) is 24.5 Å². The fourth-order valence-electron chi connectivity index (χ4n) is 1.00. The number of allylic oxidation sites excluding steroid dienone is 1. The van der Waals surface area contributed by atoms with Gasteiger partial charge in [-0.15, -0.1) is 0 Å². The van der Waals surface area contributed by atoms with Crippen LogP contribution in [-0.2, 0) is 4.79 Å². The number of carbonyl (C=O) groups excluding carboxylic acids is 1. The predicted octanol–water partition coefficient (Wildman–Crippen LogP) is 2.56. The first kappa shape index (κ1) is 10.3. The van der Waals surface area contributed by atoms with Crippen LogP contribution < -0.4 is 10.1 Å². The van der Waals surface area contributed by atoms with Crippen molar-refractivity contribution in [1.29, 1.82) is 0 Å². The molecule has 0 aliphatic heterocycles. The highest BCUT2D eigenvalue weighted by Crippen LogP contribution is 2.23. The number of nitrogens with one attached hydrogen (secondary N) is 1. The molecule has 0 aromatic heterocycles. The summed E-state index contributed by atoms with van der Waals surface area (Å²) < 4.78 is 5.29. The van der Waals surface area contributed by atoms with Crippen LogP contribution in [0.1, 0.15) is 13.8 Å². The van der Waals surface area contributed by atoms with E-state index in [1.165, 1.54) is 6.92 Å². The number of ether oxygens (including phenoxy) is 1. The van der Waals surface area contributed by atoms with Crippen molar-refractivity contribution in [3.8, 4) is 5.75 Å². The molecule has 0 radical (unpaired) electrons. The molecule has 0 heterocycles. The van der Waals surface area contributed by atoms with Gasteiger partial charge in [0.1, 0.15) is 5.75 Å². The molecule has 0 fully saturated rings. The molecule has 74 valence electrons. The average Bonchev–Trinajstić information content (AvgIpc) is 2.16. The molecular formula is C11H13NO2. The SMILES string of the molecule is CC=COc1ccccc1NC(C)=O. The number of anilines is 1. The van der Waals surface area contributed by atoms with Crippen molar-refractivity contribution in [1.82, 2.24) is 0 Å². The normalized spacial score (nSPS) is 10.1. The van der Waals surface area contributed by atoms with Crippen LogP contribution in [0.5, 0.6) is 5.75 Å². The van der Waals surface area contributed by atoms with E-state index < -0.39 is 0 Å². The maximum Gasteiger partial charge on any atom is 0.221 e. The van der Waals surface area contributed by atoms with E-state index in [2.05, 4.69) is 5.32 Å². The minimum absolute atomic E-state index is 0.110. The summed E-state index contributed by atoms with van der Waals surface area (Å²) >= 11 is 0. The monoisotopic (exact) mass is 191 g/mol. The first-order valence-corrected chi connectivity index (χ1v) is 4.38. The molecule has 0 aliphatic rings. The van der Waals surface area contributed by atoms with E-state index in [0.29, 0.717) is 11.4 Å². The Hall–Kier alpha value is -1.77. The fourth-order valence-corrected chi connectivity index (χ4v) is 1.00. The van der Waals surface area contributed by atoms with Crippen LogP contribution in [0.15, 0.2) is 36.6 Å². The van der Waals surface area contributed by atoms with E-state index >= 15 is 0 Å². The molecule has 0 unspecified atom stereocenters. The summed E-state index contributed by atoms with van der Waals surface area (Å²) in [6.07, 6.45) is 3.35. The van der Waals surface area contributed by atoms with Crippen LogP contribution in [0.25, 0.3) is 0 Å². The van der Waals surface area contributed by atoms with Crippen LogP contribution >= 0.6 is 0 Å². The Labute approximate surface area is 83.4 Å². The smallest absolute Gasteiger partial charge is 0.221 e. The Morgan fingerprint density at radius 1 is 1.43 bits per heavy atom. The van der Waals surface area contributed by atoms with Gasteiger partial charge in [-0.05, 0) is 19.1 Å². The van der Waals surface area contributed by atoms with E-state index in [0.717, 1.165) is 0 Å². The number of hydrogen-bond acceptors (Lipinski definition) is 2. The van der Waals surface area contributed by atoms with Gasteiger partial charge >= 0.3 is 0 Å². The summed E-state index contributed by atoms with van der Waals surface area (Å²) in [5, 5.41) is 2.68. The maximum atomic E-state index is 10.9. The molecule has 14 heavy (non-hydrogen) atoms. The second-order valence-corrected chi connectivity index (χ2v) is 2.76.